The lowest BCUT2D eigenvalue weighted by Crippen LogP contribution is -2.23. The molecule has 1 aromatic heterocycles. The second-order valence-corrected chi connectivity index (χ2v) is 13.1. The van der Waals surface area contributed by atoms with Gasteiger partial charge in [-0.2, -0.15) is 8.78 Å². The van der Waals surface area contributed by atoms with Crippen molar-refractivity contribution in [3.63, 3.8) is 0 Å². The van der Waals surface area contributed by atoms with E-state index in [-0.39, 0.29) is 29.7 Å². The molecule has 2 heterocycles. The number of nitrogens with zero attached hydrogens (tertiary/aromatic N) is 3. The predicted molar refractivity (Wildman–Crippen MR) is 168 cm³/mol. The third kappa shape index (κ3) is 6.79. The van der Waals surface area contributed by atoms with E-state index in [0.29, 0.717) is 46.2 Å². The number of hydrogen-bond acceptors (Lipinski definition) is 6. The van der Waals surface area contributed by atoms with Crippen LogP contribution in [0.4, 0.5) is 14.5 Å². The Balaban J connectivity index is 1.38. The van der Waals surface area contributed by atoms with Gasteiger partial charge in [0, 0.05) is 41.6 Å². The first kappa shape index (κ1) is 30.5. The SMILES string of the molecule is CS(=O)(=O)c1ccc(-c2ccc3nc(COc4cccc(N5CCCC5=O)c4)n(Cc4cc(Cl)ccc4OC(F)F)c3c2)cc1. The van der Waals surface area contributed by atoms with Gasteiger partial charge in [0.2, 0.25) is 5.91 Å². The van der Waals surface area contributed by atoms with Crippen molar-refractivity contribution in [1.82, 2.24) is 9.55 Å². The molecule has 4 aromatic carbocycles. The second-order valence-electron chi connectivity index (χ2n) is 10.7. The smallest absolute Gasteiger partial charge is 0.387 e. The molecule has 1 saturated heterocycles. The van der Waals surface area contributed by atoms with Crippen molar-refractivity contribution in [3.05, 3.63) is 101 Å². The summed E-state index contributed by atoms with van der Waals surface area (Å²) in [6, 6.07) is 23.9. The van der Waals surface area contributed by atoms with Crippen molar-refractivity contribution < 1.29 is 31.5 Å². The molecule has 0 unspecified atom stereocenters. The van der Waals surface area contributed by atoms with E-state index in [1.54, 1.807) is 47.4 Å². The van der Waals surface area contributed by atoms with Crippen LogP contribution in [0.1, 0.15) is 24.2 Å². The molecule has 1 aliphatic rings. The molecule has 0 radical (unpaired) electrons. The number of ether oxygens (including phenoxy) is 2. The predicted octanol–water partition coefficient (Wildman–Crippen LogP) is 7.12. The minimum atomic E-state index is -3.35. The molecule has 0 aliphatic carbocycles. The number of anilines is 1. The van der Waals surface area contributed by atoms with E-state index in [0.717, 1.165) is 29.5 Å². The molecule has 45 heavy (non-hydrogen) atoms. The molecule has 1 amide bonds. The van der Waals surface area contributed by atoms with E-state index in [9.17, 15) is 22.0 Å². The fourth-order valence-corrected chi connectivity index (χ4v) is 6.22. The van der Waals surface area contributed by atoms with Crippen LogP contribution in [0.5, 0.6) is 11.5 Å². The number of halogens is 3. The monoisotopic (exact) mass is 651 g/mol. The molecule has 12 heteroatoms. The number of aromatic nitrogens is 2. The summed E-state index contributed by atoms with van der Waals surface area (Å²) in [7, 11) is -3.35. The van der Waals surface area contributed by atoms with Gasteiger partial charge in [0.1, 0.15) is 23.9 Å². The summed E-state index contributed by atoms with van der Waals surface area (Å²) in [4.78, 5) is 19.0. The highest BCUT2D eigenvalue weighted by Gasteiger charge is 2.22. The van der Waals surface area contributed by atoms with Crippen LogP contribution in [-0.4, -0.2) is 43.3 Å². The Morgan fingerprint density at radius 3 is 2.47 bits per heavy atom. The van der Waals surface area contributed by atoms with Gasteiger partial charge in [0.15, 0.2) is 9.84 Å². The molecule has 6 rings (SSSR count). The summed E-state index contributed by atoms with van der Waals surface area (Å²) in [5.74, 6) is 1.11. The first-order valence-electron chi connectivity index (χ1n) is 14.1. The summed E-state index contributed by atoms with van der Waals surface area (Å²) in [6.45, 7) is -2.24. The quantitative estimate of drug-likeness (QED) is 0.160. The molecule has 0 spiro atoms. The Morgan fingerprint density at radius 1 is 0.978 bits per heavy atom. The third-order valence-electron chi connectivity index (χ3n) is 7.58. The fourth-order valence-electron chi connectivity index (χ4n) is 5.40. The van der Waals surface area contributed by atoms with Crippen molar-refractivity contribution in [3.8, 4) is 22.6 Å². The number of amides is 1. The van der Waals surface area contributed by atoms with E-state index < -0.39 is 16.4 Å². The maximum atomic E-state index is 13.3. The zero-order valence-electron chi connectivity index (χ0n) is 24.1. The number of hydrogen-bond donors (Lipinski definition) is 0. The Bertz CT molecular complexity index is 2000. The van der Waals surface area contributed by atoms with E-state index in [1.807, 2.05) is 34.9 Å². The summed E-state index contributed by atoms with van der Waals surface area (Å²) < 4.78 is 63.3. The fraction of sp³-hybridized carbons (Fsp3) is 0.212. The van der Waals surface area contributed by atoms with Crippen LogP contribution in [0.15, 0.2) is 89.8 Å². The van der Waals surface area contributed by atoms with Crippen molar-refractivity contribution in [2.24, 2.45) is 0 Å². The summed E-state index contributed by atoms with van der Waals surface area (Å²) in [6.07, 6.45) is 2.47. The molecule has 0 bridgehead atoms. The van der Waals surface area contributed by atoms with Crippen LogP contribution in [0.2, 0.25) is 5.02 Å². The first-order valence-corrected chi connectivity index (χ1v) is 16.4. The number of alkyl halides is 2. The Kier molecular flexibility index (Phi) is 8.48. The van der Waals surface area contributed by atoms with Crippen molar-refractivity contribution in [2.45, 2.75) is 37.5 Å². The molecular weight excluding hydrogens is 624 g/mol. The second kappa shape index (κ2) is 12.5. The maximum absolute atomic E-state index is 13.3. The van der Waals surface area contributed by atoms with Crippen molar-refractivity contribution in [1.29, 1.82) is 0 Å². The van der Waals surface area contributed by atoms with E-state index in [4.69, 9.17) is 26.1 Å². The Morgan fingerprint density at radius 2 is 1.76 bits per heavy atom. The van der Waals surface area contributed by atoms with Crippen LogP contribution >= 0.6 is 11.6 Å². The lowest BCUT2D eigenvalue weighted by Gasteiger charge is -2.17. The molecule has 8 nitrogen and oxygen atoms in total. The van der Waals surface area contributed by atoms with Gasteiger partial charge in [-0.15, -0.1) is 0 Å². The van der Waals surface area contributed by atoms with E-state index in [2.05, 4.69) is 0 Å². The van der Waals surface area contributed by atoms with Crippen molar-refractivity contribution in [2.75, 3.05) is 17.7 Å². The summed E-state index contributed by atoms with van der Waals surface area (Å²) in [5, 5.41) is 0.355. The standard InChI is InChI=1S/C33H28ClF2N3O5S/c1-45(41,42)27-11-7-21(8-12-27)22-9-13-28-29(17-22)39(19-23-16-24(34)10-14-30(23)44-33(35)36)31(37-28)20-43-26-5-2-4-25(18-26)38-15-3-6-32(38)40/h2,4-5,7-14,16-18,33H,3,6,15,19-20H2,1H3. The molecule has 1 aliphatic heterocycles. The number of fused-ring (bicyclic) bond motifs is 1. The van der Waals surface area contributed by atoms with Gasteiger partial charge in [0.25, 0.3) is 0 Å². The normalized spacial score (nSPS) is 13.6. The largest absolute Gasteiger partial charge is 0.486 e. The minimum absolute atomic E-state index is 0.0152. The molecule has 232 valence electrons. The molecule has 0 N–H and O–H groups in total. The lowest BCUT2D eigenvalue weighted by atomic mass is 10.1. The van der Waals surface area contributed by atoms with Crippen LogP contribution in [0.25, 0.3) is 22.2 Å². The summed E-state index contributed by atoms with van der Waals surface area (Å²) in [5.41, 5.74) is 4.09. The number of carbonyl (C=O) groups excluding carboxylic acids is 1. The van der Waals surface area contributed by atoms with Gasteiger partial charge < -0.3 is 18.9 Å². The van der Waals surface area contributed by atoms with Crippen LogP contribution in [0, 0.1) is 0 Å². The number of sulfone groups is 1. The lowest BCUT2D eigenvalue weighted by molar-refractivity contribution is -0.117. The number of imidazole rings is 1. The Labute approximate surface area is 263 Å². The van der Waals surface area contributed by atoms with E-state index in [1.165, 1.54) is 12.1 Å². The number of rotatable bonds is 10. The Hall–Kier alpha value is -4.48. The molecule has 0 atom stereocenters. The molecular formula is C33H28ClF2N3O5S. The van der Waals surface area contributed by atoms with Crippen LogP contribution in [0.3, 0.4) is 0 Å². The summed E-state index contributed by atoms with van der Waals surface area (Å²) >= 11 is 6.26. The van der Waals surface area contributed by atoms with Crippen LogP contribution in [-0.2, 0) is 27.8 Å². The third-order valence-corrected chi connectivity index (χ3v) is 8.94. The molecule has 0 saturated carbocycles. The number of benzene rings is 4. The highest BCUT2D eigenvalue weighted by Crippen LogP contribution is 2.31. The highest BCUT2D eigenvalue weighted by molar-refractivity contribution is 7.90. The van der Waals surface area contributed by atoms with Crippen molar-refractivity contribution >= 4 is 44.1 Å². The number of carbonyl (C=O) groups is 1. The van der Waals surface area contributed by atoms with Crippen LogP contribution < -0.4 is 14.4 Å². The molecule has 1 fully saturated rings. The maximum Gasteiger partial charge on any atom is 0.387 e. The van der Waals surface area contributed by atoms with Gasteiger partial charge in [-0.25, -0.2) is 13.4 Å². The average molecular weight is 652 g/mol. The van der Waals surface area contributed by atoms with Gasteiger partial charge in [0.05, 0.1) is 22.5 Å². The van der Waals surface area contributed by atoms with Gasteiger partial charge in [-0.3, -0.25) is 4.79 Å². The van der Waals surface area contributed by atoms with Gasteiger partial charge >= 0.3 is 6.61 Å². The van der Waals surface area contributed by atoms with Gasteiger partial charge in [-0.1, -0.05) is 35.9 Å². The topological polar surface area (TPSA) is 90.7 Å². The zero-order chi connectivity index (χ0) is 31.7. The average Bonchev–Trinajstić information content (AvgIpc) is 3.59. The minimum Gasteiger partial charge on any atom is -0.486 e. The van der Waals surface area contributed by atoms with E-state index >= 15 is 0 Å². The van der Waals surface area contributed by atoms with Gasteiger partial charge in [-0.05, 0) is 72.1 Å². The highest BCUT2D eigenvalue weighted by atomic mass is 35.5. The zero-order valence-corrected chi connectivity index (χ0v) is 25.7. The first-order chi connectivity index (χ1) is 21.5. The molecule has 5 aromatic rings.